The predicted octanol–water partition coefficient (Wildman–Crippen LogP) is 6.26. The number of ether oxygens (including phenoxy) is 2. The van der Waals surface area contributed by atoms with E-state index in [0.717, 1.165) is 5.56 Å². The molecule has 1 unspecified atom stereocenters. The molecule has 1 aliphatic heterocycles. The van der Waals surface area contributed by atoms with Crippen molar-refractivity contribution in [3.63, 3.8) is 0 Å². The van der Waals surface area contributed by atoms with Crippen molar-refractivity contribution in [2.75, 3.05) is 47.4 Å². The summed E-state index contributed by atoms with van der Waals surface area (Å²) in [5, 5.41) is 13.6. The highest BCUT2D eigenvalue weighted by molar-refractivity contribution is 6.63. The molecule has 1 aliphatic rings. The van der Waals surface area contributed by atoms with Crippen LogP contribution in [-0.2, 0) is 4.74 Å². The number of carbonyl (C=O) groups excluding carboxylic acids is 3. The minimum atomic E-state index is -0.750. The van der Waals surface area contributed by atoms with Crippen LogP contribution in [0.2, 0.25) is 0 Å². The van der Waals surface area contributed by atoms with E-state index in [9.17, 15) is 14.4 Å². The first-order chi connectivity index (χ1) is 19.6. The minimum absolute atomic E-state index is 0.115. The normalized spacial score (nSPS) is 13.4. The van der Waals surface area contributed by atoms with E-state index in [1.54, 1.807) is 37.3 Å². The summed E-state index contributed by atoms with van der Waals surface area (Å²) in [5.41, 5.74) is 2.32. The SMILES string of the molecule is CCOC(=O)Nc1cc2c(c(NC(=O)NCCCl)n1)N=C(c1ccc(OC(=O)NCCCl)cc1)C(C)N2.ClC(Cl)Cl. The number of nitrogens with zero attached hydrogens (tertiary/aromatic N) is 2. The van der Waals surface area contributed by atoms with Crippen LogP contribution in [0.25, 0.3) is 0 Å². The summed E-state index contributed by atoms with van der Waals surface area (Å²) in [4.78, 5) is 45.1. The summed E-state index contributed by atoms with van der Waals surface area (Å²) in [6.07, 6.45) is -1.28. The van der Waals surface area contributed by atoms with E-state index < -0.39 is 22.5 Å². The number of anilines is 3. The van der Waals surface area contributed by atoms with Gasteiger partial charge in [-0.1, -0.05) is 34.8 Å². The summed E-state index contributed by atoms with van der Waals surface area (Å²) in [6, 6.07) is 7.62. The van der Waals surface area contributed by atoms with Crippen molar-refractivity contribution in [2.24, 2.45) is 4.99 Å². The molecule has 0 fully saturated rings. The molecule has 17 heteroatoms. The minimum Gasteiger partial charge on any atom is -0.450 e. The lowest BCUT2D eigenvalue weighted by Crippen LogP contribution is -2.32. The monoisotopic (exact) mass is 669 g/mol. The number of hydrogen-bond acceptors (Lipinski definition) is 8. The lowest BCUT2D eigenvalue weighted by molar-refractivity contribution is 0.168. The van der Waals surface area contributed by atoms with Crippen molar-refractivity contribution < 1.29 is 23.9 Å². The van der Waals surface area contributed by atoms with Gasteiger partial charge in [-0.25, -0.2) is 24.4 Å². The van der Waals surface area contributed by atoms with E-state index in [4.69, 9.17) is 72.5 Å². The van der Waals surface area contributed by atoms with Gasteiger partial charge in [0.05, 0.1) is 24.0 Å². The Hall–Kier alpha value is -2.90. The number of alkyl halides is 5. The van der Waals surface area contributed by atoms with Crippen molar-refractivity contribution in [3.05, 3.63) is 35.9 Å². The zero-order valence-corrected chi connectivity index (χ0v) is 25.7. The molecule has 0 spiro atoms. The van der Waals surface area contributed by atoms with E-state index in [1.807, 2.05) is 6.92 Å². The van der Waals surface area contributed by atoms with E-state index >= 15 is 0 Å². The molecule has 2 heterocycles. The van der Waals surface area contributed by atoms with Gasteiger partial charge in [0.15, 0.2) is 10.1 Å². The molecule has 1 aromatic carbocycles. The Balaban J connectivity index is 0.00000138. The lowest BCUT2D eigenvalue weighted by atomic mass is 10.0. The van der Waals surface area contributed by atoms with Gasteiger partial charge in [0, 0.05) is 30.9 Å². The average molecular weight is 672 g/mol. The van der Waals surface area contributed by atoms with Crippen LogP contribution in [0.4, 0.5) is 37.4 Å². The number of rotatable bonds is 9. The molecule has 0 aliphatic carbocycles. The van der Waals surface area contributed by atoms with Gasteiger partial charge in [0.1, 0.15) is 17.3 Å². The number of aliphatic imine (C=N–C) groups is 1. The fraction of sp³-hybridized carbons (Fsp3) is 0.375. The Kier molecular flexibility index (Phi) is 14.9. The summed E-state index contributed by atoms with van der Waals surface area (Å²) in [7, 11) is 0. The van der Waals surface area contributed by atoms with Crippen LogP contribution >= 0.6 is 58.0 Å². The molecule has 0 saturated carbocycles. The lowest BCUT2D eigenvalue weighted by Gasteiger charge is -2.26. The number of nitrogens with one attached hydrogen (secondary N) is 5. The highest BCUT2D eigenvalue weighted by Crippen LogP contribution is 2.39. The number of pyridine rings is 1. The van der Waals surface area contributed by atoms with Gasteiger partial charge in [-0.05, 0) is 43.7 Å². The second kappa shape index (κ2) is 17.8. The van der Waals surface area contributed by atoms with Crippen LogP contribution in [0, 0.1) is 0 Å². The molecule has 2 aromatic rings. The number of aromatic nitrogens is 1. The first-order valence-electron chi connectivity index (χ1n) is 12.1. The van der Waals surface area contributed by atoms with Crippen LogP contribution in [0.3, 0.4) is 0 Å². The summed E-state index contributed by atoms with van der Waals surface area (Å²) in [5.74, 6) is 1.14. The number of urea groups is 1. The van der Waals surface area contributed by atoms with Crippen molar-refractivity contribution in [3.8, 4) is 5.75 Å². The van der Waals surface area contributed by atoms with E-state index in [1.165, 1.54) is 0 Å². The number of carbonyl (C=O) groups is 3. The largest absolute Gasteiger partial charge is 0.450 e. The van der Waals surface area contributed by atoms with Crippen molar-refractivity contribution in [1.29, 1.82) is 0 Å². The fourth-order valence-corrected chi connectivity index (χ4v) is 3.51. The third-order valence-corrected chi connectivity index (χ3v) is 5.23. The Labute approximate surface area is 261 Å². The Bertz CT molecular complexity index is 1220. The molecule has 4 amide bonds. The first kappa shape index (κ1) is 34.3. The van der Waals surface area contributed by atoms with Crippen molar-refractivity contribution in [1.82, 2.24) is 15.6 Å². The molecule has 1 atom stereocenters. The van der Waals surface area contributed by atoms with Crippen molar-refractivity contribution in [2.45, 2.75) is 24.2 Å². The number of hydrogen-bond donors (Lipinski definition) is 5. The number of benzene rings is 1. The second-order valence-corrected chi connectivity index (χ2v) is 10.5. The third-order valence-electron chi connectivity index (χ3n) is 4.85. The summed E-state index contributed by atoms with van der Waals surface area (Å²) >= 11 is 25.6. The number of halogens is 5. The van der Waals surface area contributed by atoms with Crippen molar-refractivity contribution >= 4 is 105 Å². The fourth-order valence-electron chi connectivity index (χ4n) is 3.32. The van der Waals surface area contributed by atoms with Gasteiger partial charge in [0.2, 0.25) is 0 Å². The highest BCUT2D eigenvalue weighted by Gasteiger charge is 2.25. The maximum Gasteiger partial charge on any atom is 0.412 e. The van der Waals surface area contributed by atoms with Crippen LogP contribution in [0.15, 0.2) is 35.3 Å². The smallest absolute Gasteiger partial charge is 0.412 e. The van der Waals surface area contributed by atoms with Gasteiger partial charge in [0.25, 0.3) is 0 Å². The quantitative estimate of drug-likeness (QED) is 0.197. The highest BCUT2D eigenvalue weighted by atomic mass is 35.6. The Morgan fingerprint density at radius 1 is 1.00 bits per heavy atom. The Morgan fingerprint density at radius 2 is 1.63 bits per heavy atom. The third kappa shape index (κ3) is 11.9. The number of amides is 4. The molecule has 5 N–H and O–H groups in total. The molecule has 1 aromatic heterocycles. The summed E-state index contributed by atoms with van der Waals surface area (Å²) < 4.78 is 9.39. The first-order valence-corrected chi connectivity index (χ1v) is 14.4. The molecular formula is C24H28Cl5N7O5. The topological polar surface area (TPSA) is 155 Å². The van der Waals surface area contributed by atoms with Gasteiger partial charge < -0.3 is 25.4 Å². The molecule has 12 nitrogen and oxygen atoms in total. The average Bonchev–Trinajstić information content (AvgIpc) is 2.90. The van der Waals surface area contributed by atoms with Crippen LogP contribution in [0.5, 0.6) is 5.75 Å². The molecule has 41 heavy (non-hydrogen) atoms. The van der Waals surface area contributed by atoms with Crippen LogP contribution < -0.4 is 31.3 Å². The molecule has 0 bridgehead atoms. The van der Waals surface area contributed by atoms with E-state index in [0.29, 0.717) is 29.4 Å². The Morgan fingerprint density at radius 3 is 2.24 bits per heavy atom. The molecule has 0 radical (unpaired) electrons. The summed E-state index contributed by atoms with van der Waals surface area (Å²) in [6.45, 7) is 4.32. The molecule has 3 rings (SSSR count). The standard InChI is InChI=1S/C23H27Cl2N7O5.CHCl3/c1-3-36-23(35)30-17-12-16-19(20(29-17)32-21(33)26-10-8-24)31-18(13(2)28-16)14-4-6-15(7-5-14)37-22(34)27-11-9-25;2-1(3)4/h4-7,12-13,28H,3,8-11H2,1-2H3,(H,27,34)(H3,26,29,30,32,33,35);1H. The van der Waals surface area contributed by atoms with Crippen LogP contribution in [-0.4, -0.2) is 70.7 Å². The van der Waals surface area contributed by atoms with E-state index in [-0.39, 0.29) is 42.6 Å². The maximum absolute atomic E-state index is 12.3. The zero-order chi connectivity index (χ0) is 30.4. The van der Waals surface area contributed by atoms with E-state index in [2.05, 4.69) is 31.6 Å². The van der Waals surface area contributed by atoms with Gasteiger partial charge in [-0.15, -0.1) is 23.2 Å². The second-order valence-electron chi connectivity index (χ2n) is 7.81. The molecule has 0 saturated heterocycles. The predicted molar refractivity (Wildman–Crippen MR) is 164 cm³/mol. The molecule has 224 valence electrons. The molecular weight excluding hydrogens is 644 g/mol. The van der Waals surface area contributed by atoms with Gasteiger partial charge in [-0.2, -0.15) is 0 Å². The zero-order valence-electron chi connectivity index (χ0n) is 21.9. The number of fused-ring (bicyclic) bond motifs is 1. The maximum atomic E-state index is 12.3. The van der Waals surface area contributed by atoms with Gasteiger partial charge in [-0.3, -0.25) is 10.6 Å². The van der Waals surface area contributed by atoms with Gasteiger partial charge >= 0.3 is 18.2 Å². The van der Waals surface area contributed by atoms with Crippen LogP contribution in [0.1, 0.15) is 19.4 Å².